The second kappa shape index (κ2) is 5.70. The molecule has 0 amide bonds. The van der Waals surface area contributed by atoms with Crippen LogP contribution in [0.2, 0.25) is 0 Å². The number of hydrogen-bond donors (Lipinski definition) is 1. The van der Waals surface area contributed by atoms with E-state index in [1.165, 1.54) is 23.1 Å². The van der Waals surface area contributed by atoms with Crippen LogP contribution in [0.1, 0.15) is 45.2 Å². The lowest BCUT2D eigenvalue weighted by molar-refractivity contribution is 0.475. The number of hydrogen-bond acceptors (Lipinski definition) is 1. The quantitative estimate of drug-likeness (QED) is 0.800. The van der Waals surface area contributed by atoms with Crippen LogP contribution in [0.15, 0.2) is 42.5 Å². The molecule has 0 radical (unpaired) electrons. The van der Waals surface area contributed by atoms with Crippen LogP contribution >= 0.6 is 0 Å². The Hall–Kier alpha value is -1.76. The van der Waals surface area contributed by atoms with Gasteiger partial charge in [0, 0.05) is 0 Å². The summed E-state index contributed by atoms with van der Waals surface area (Å²) < 4.78 is 0. The molecule has 0 aliphatic heterocycles. The van der Waals surface area contributed by atoms with E-state index in [2.05, 4.69) is 45.9 Å². The molecule has 0 saturated heterocycles. The van der Waals surface area contributed by atoms with Crippen LogP contribution in [-0.2, 0) is 11.8 Å². The molecule has 1 nitrogen and oxygen atoms in total. The molecule has 0 aromatic heterocycles. The third kappa shape index (κ3) is 3.22. The molecule has 0 unspecified atom stereocenters. The van der Waals surface area contributed by atoms with E-state index < -0.39 is 0 Å². The smallest absolute Gasteiger partial charge is 0.115 e. The van der Waals surface area contributed by atoms with Gasteiger partial charge in [0.2, 0.25) is 0 Å². The molecule has 0 saturated carbocycles. The maximum Gasteiger partial charge on any atom is 0.115 e. The zero-order chi connectivity index (χ0) is 14.8. The van der Waals surface area contributed by atoms with Crippen LogP contribution in [0.3, 0.4) is 0 Å². The third-order valence-corrected chi connectivity index (χ3v) is 3.61. The first-order valence-electron chi connectivity index (χ1n) is 7.34. The fourth-order valence-electron chi connectivity index (χ4n) is 2.55. The summed E-state index contributed by atoms with van der Waals surface area (Å²) in [6, 6.07) is 14.3. The summed E-state index contributed by atoms with van der Waals surface area (Å²) >= 11 is 0. The molecule has 20 heavy (non-hydrogen) atoms. The average Bonchev–Trinajstić information content (AvgIpc) is 2.39. The first-order valence-corrected chi connectivity index (χ1v) is 7.34. The predicted molar refractivity (Wildman–Crippen MR) is 86.2 cm³/mol. The summed E-state index contributed by atoms with van der Waals surface area (Å²) in [4.78, 5) is 0. The van der Waals surface area contributed by atoms with Gasteiger partial charge in [-0.05, 0) is 46.2 Å². The molecule has 0 bridgehead atoms. The minimum atomic E-state index is 0.108. The van der Waals surface area contributed by atoms with Crippen LogP contribution in [0, 0.1) is 0 Å². The molecule has 0 heterocycles. The molecule has 0 fully saturated rings. The standard InChI is InChI=1S/C19H24O/c1-5-6-14-7-12-17(18(13-14)19(2,3)4)15-8-10-16(20)11-9-15/h7-13,20H,5-6H2,1-4H3. The molecule has 0 spiro atoms. The van der Waals surface area contributed by atoms with Crippen molar-refractivity contribution in [1.82, 2.24) is 0 Å². The topological polar surface area (TPSA) is 20.2 Å². The lowest BCUT2D eigenvalue weighted by Crippen LogP contribution is -2.13. The molecule has 2 aromatic carbocycles. The molecule has 106 valence electrons. The molecular formula is C19H24O. The summed E-state index contributed by atoms with van der Waals surface area (Å²) in [6.45, 7) is 8.97. The molecular weight excluding hydrogens is 244 g/mol. The van der Waals surface area contributed by atoms with Crippen LogP contribution < -0.4 is 0 Å². The zero-order valence-corrected chi connectivity index (χ0v) is 12.9. The maximum atomic E-state index is 9.45. The fourth-order valence-corrected chi connectivity index (χ4v) is 2.55. The van der Waals surface area contributed by atoms with Gasteiger partial charge < -0.3 is 5.11 Å². The van der Waals surface area contributed by atoms with Crippen molar-refractivity contribution >= 4 is 0 Å². The lowest BCUT2D eigenvalue weighted by Gasteiger charge is -2.24. The highest BCUT2D eigenvalue weighted by molar-refractivity contribution is 5.69. The Kier molecular flexibility index (Phi) is 4.17. The van der Waals surface area contributed by atoms with Gasteiger partial charge in [-0.1, -0.05) is 64.4 Å². The van der Waals surface area contributed by atoms with Crippen LogP contribution in [0.4, 0.5) is 0 Å². The second-order valence-corrected chi connectivity index (χ2v) is 6.43. The van der Waals surface area contributed by atoms with Crippen LogP contribution in [0.25, 0.3) is 11.1 Å². The summed E-state index contributed by atoms with van der Waals surface area (Å²) in [5.41, 5.74) is 5.30. The minimum absolute atomic E-state index is 0.108. The normalized spacial score (nSPS) is 11.6. The van der Waals surface area contributed by atoms with Crippen molar-refractivity contribution in [2.75, 3.05) is 0 Å². The van der Waals surface area contributed by atoms with E-state index >= 15 is 0 Å². The van der Waals surface area contributed by atoms with Gasteiger partial charge in [0.15, 0.2) is 0 Å². The van der Waals surface area contributed by atoms with E-state index in [0.717, 1.165) is 12.0 Å². The Balaban J connectivity index is 2.54. The number of phenols is 1. The first kappa shape index (κ1) is 14.6. The number of phenolic OH excluding ortho intramolecular Hbond substituents is 1. The highest BCUT2D eigenvalue weighted by atomic mass is 16.3. The van der Waals surface area contributed by atoms with Gasteiger partial charge >= 0.3 is 0 Å². The number of benzene rings is 2. The Bertz CT molecular complexity index is 574. The summed E-state index contributed by atoms with van der Waals surface area (Å²) in [7, 11) is 0. The highest BCUT2D eigenvalue weighted by Crippen LogP contribution is 2.34. The molecule has 2 aromatic rings. The number of rotatable bonds is 3. The van der Waals surface area contributed by atoms with E-state index in [9.17, 15) is 5.11 Å². The molecule has 0 aliphatic carbocycles. The number of aryl methyl sites for hydroxylation is 1. The summed E-state index contributed by atoms with van der Waals surface area (Å²) in [5, 5.41) is 9.45. The minimum Gasteiger partial charge on any atom is -0.508 e. The fraction of sp³-hybridized carbons (Fsp3) is 0.368. The van der Waals surface area contributed by atoms with E-state index in [4.69, 9.17) is 0 Å². The van der Waals surface area contributed by atoms with Crippen molar-refractivity contribution in [3.63, 3.8) is 0 Å². The Morgan fingerprint density at radius 2 is 1.60 bits per heavy atom. The van der Waals surface area contributed by atoms with E-state index in [-0.39, 0.29) is 5.41 Å². The predicted octanol–water partition coefficient (Wildman–Crippen LogP) is 5.31. The second-order valence-electron chi connectivity index (χ2n) is 6.43. The van der Waals surface area contributed by atoms with Gasteiger partial charge in [-0.2, -0.15) is 0 Å². The molecule has 0 atom stereocenters. The first-order chi connectivity index (χ1) is 9.41. The van der Waals surface area contributed by atoms with E-state index in [1.54, 1.807) is 12.1 Å². The summed E-state index contributed by atoms with van der Waals surface area (Å²) in [6.07, 6.45) is 2.29. The Morgan fingerprint density at radius 3 is 2.15 bits per heavy atom. The lowest BCUT2D eigenvalue weighted by atomic mass is 9.80. The van der Waals surface area contributed by atoms with E-state index in [0.29, 0.717) is 5.75 Å². The number of aromatic hydroxyl groups is 1. The van der Waals surface area contributed by atoms with Gasteiger partial charge in [0.25, 0.3) is 0 Å². The van der Waals surface area contributed by atoms with Crippen molar-refractivity contribution in [2.24, 2.45) is 0 Å². The molecule has 1 N–H and O–H groups in total. The van der Waals surface area contributed by atoms with Gasteiger partial charge in [0.05, 0.1) is 0 Å². The Morgan fingerprint density at radius 1 is 0.950 bits per heavy atom. The molecule has 1 heteroatoms. The Labute approximate surface area is 122 Å². The highest BCUT2D eigenvalue weighted by Gasteiger charge is 2.19. The van der Waals surface area contributed by atoms with Crippen molar-refractivity contribution in [1.29, 1.82) is 0 Å². The largest absolute Gasteiger partial charge is 0.508 e. The monoisotopic (exact) mass is 268 g/mol. The van der Waals surface area contributed by atoms with Crippen LogP contribution in [-0.4, -0.2) is 5.11 Å². The van der Waals surface area contributed by atoms with Crippen LogP contribution in [0.5, 0.6) is 5.75 Å². The van der Waals surface area contributed by atoms with Gasteiger partial charge in [0.1, 0.15) is 5.75 Å². The van der Waals surface area contributed by atoms with Crippen molar-refractivity contribution in [3.8, 4) is 16.9 Å². The van der Waals surface area contributed by atoms with E-state index in [1.807, 2.05) is 12.1 Å². The van der Waals surface area contributed by atoms with Crippen molar-refractivity contribution in [2.45, 2.75) is 46.0 Å². The molecule has 0 aliphatic rings. The molecule has 2 rings (SSSR count). The summed E-state index contributed by atoms with van der Waals surface area (Å²) in [5.74, 6) is 0.314. The van der Waals surface area contributed by atoms with Gasteiger partial charge in [-0.3, -0.25) is 0 Å². The van der Waals surface area contributed by atoms with Crippen molar-refractivity contribution < 1.29 is 5.11 Å². The zero-order valence-electron chi connectivity index (χ0n) is 12.9. The SMILES string of the molecule is CCCc1ccc(-c2ccc(O)cc2)c(C(C)(C)C)c1. The van der Waals surface area contributed by atoms with Gasteiger partial charge in [-0.15, -0.1) is 0 Å². The maximum absolute atomic E-state index is 9.45. The van der Waals surface area contributed by atoms with Crippen molar-refractivity contribution in [3.05, 3.63) is 53.6 Å². The average molecular weight is 268 g/mol. The third-order valence-electron chi connectivity index (χ3n) is 3.61. The van der Waals surface area contributed by atoms with Gasteiger partial charge in [-0.25, -0.2) is 0 Å².